The van der Waals surface area contributed by atoms with Crippen molar-refractivity contribution in [1.82, 2.24) is 14.9 Å². The number of hydrogen-bond acceptors (Lipinski definition) is 5. The first-order chi connectivity index (χ1) is 8.11. The standard InChI is InChI=1S/C11H16BrN3O2/c1-7(11-13-3-8(12)4-14-11)15-5-10(17)2-9(15)6-16/h3-4,7,9-10,16-17H,2,5-6H2,1H3/t7?,9-,10-/m0/s1. The summed E-state index contributed by atoms with van der Waals surface area (Å²) in [6.07, 6.45) is 3.65. The Bertz CT molecular complexity index is 373. The van der Waals surface area contributed by atoms with Crippen LogP contribution in [0.4, 0.5) is 0 Å². The fourth-order valence-corrected chi connectivity index (χ4v) is 2.46. The first-order valence-corrected chi connectivity index (χ1v) is 6.43. The highest BCUT2D eigenvalue weighted by atomic mass is 79.9. The quantitative estimate of drug-likeness (QED) is 0.861. The average Bonchev–Trinajstić information content (AvgIpc) is 2.70. The van der Waals surface area contributed by atoms with E-state index >= 15 is 0 Å². The maximum atomic E-state index is 9.64. The van der Waals surface area contributed by atoms with E-state index in [1.54, 1.807) is 12.4 Å². The van der Waals surface area contributed by atoms with Gasteiger partial charge in [-0.3, -0.25) is 4.90 Å². The Morgan fingerprint density at radius 1 is 1.53 bits per heavy atom. The number of nitrogens with zero attached hydrogens (tertiary/aromatic N) is 3. The van der Waals surface area contributed by atoms with Gasteiger partial charge in [0.25, 0.3) is 0 Å². The molecule has 0 spiro atoms. The summed E-state index contributed by atoms with van der Waals surface area (Å²) in [5.74, 6) is 0.709. The summed E-state index contributed by atoms with van der Waals surface area (Å²) in [6, 6.07) is -0.00959. The lowest BCUT2D eigenvalue weighted by Crippen LogP contribution is -2.35. The van der Waals surface area contributed by atoms with Crippen molar-refractivity contribution in [2.75, 3.05) is 13.2 Å². The smallest absolute Gasteiger partial charge is 0.145 e. The summed E-state index contributed by atoms with van der Waals surface area (Å²) >= 11 is 3.29. The number of aliphatic hydroxyl groups is 2. The van der Waals surface area contributed by atoms with Gasteiger partial charge in [0.05, 0.1) is 23.2 Å². The van der Waals surface area contributed by atoms with E-state index in [-0.39, 0.29) is 24.8 Å². The molecule has 1 saturated heterocycles. The lowest BCUT2D eigenvalue weighted by Gasteiger charge is -2.28. The predicted octanol–water partition coefficient (Wildman–Crippen LogP) is 0.728. The summed E-state index contributed by atoms with van der Waals surface area (Å²) < 4.78 is 0.841. The van der Waals surface area contributed by atoms with E-state index in [0.717, 1.165) is 4.47 Å². The summed E-state index contributed by atoms with van der Waals surface area (Å²) in [7, 11) is 0. The van der Waals surface area contributed by atoms with Crippen LogP contribution >= 0.6 is 15.9 Å². The third-order valence-corrected chi connectivity index (χ3v) is 3.57. The molecule has 1 unspecified atom stereocenters. The van der Waals surface area contributed by atoms with Gasteiger partial charge >= 0.3 is 0 Å². The molecule has 1 aliphatic heterocycles. The minimum absolute atomic E-state index is 0.00241. The van der Waals surface area contributed by atoms with Gasteiger partial charge in [-0.2, -0.15) is 0 Å². The Kier molecular flexibility index (Phi) is 4.09. The van der Waals surface area contributed by atoms with Crippen molar-refractivity contribution in [3.63, 3.8) is 0 Å². The van der Waals surface area contributed by atoms with Gasteiger partial charge in [-0.1, -0.05) is 0 Å². The van der Waals surface area contributed by atoms with Gasteiger partial charge in [-0.25, -0.2) is 9.97 Å². The highest BCUT2D eigenvalue weighted by Gasteiger charge is 2.34. The van der Waals surface area contributed by atoms with Gasteiger partial charge in [0, 0.05) is 25.0 Å². The molecule has 2 rings (SSSR count). The molecule has 0 radical (unpaired) electrons. The number of aliphatic hydroxyl groups excluding tert-OH is 2. The lowest BCUT2D eigenvalue weighted by atomic mass is 10.2. The van der Waals surface area contributed by atoms with Crippen LogP contribution < -0.4 is 0 Å². The number of likely N-dealkylation sites (tertiary alicyclic amines) is 1. The molecule has 0 aliphatic carbocycles. The maximum Gasteiger partial charge on any atom is 0.145 e. The molecular formula is C11H16BrN3O2. The van der Waals surface area contributed by atoms with Gasteiger partial charge in [0.1, 0.15) is 5.82 Å². The average molecular weight is 302 g/mol. The molecule has 2 N–H and O–H groups in total. The van der Waals surface area contributed by atoms with E-state index < -0.39 is 0 Å². The van der Waals surface area contributed by atoms with Crippen LogP contribution in [-0.2, 0) is 0 Å². The minimum Gasteiger partial charge on any atom is -0.395 e. The molecule has 17 heavy (non-hydrogen) atoms. The SMILES string of the molecule is CC(c1ncc(Br)cn1)N1C[C@@H](O)C[C@H]1CO. The van der Waals surface area contributed by atoms with Crippen LogP contribution in [0.5, 0.6) is 0 Å². The van der Waals surface area contributed by atoms with Crippen LogP contribution in [0.25, 0.3) is 0 Å². The van der Waals surface area contributed by atoms with Crippen LogP contribution in [-0.4, -0.2) is 50.4 Å². The van der Waals surface area contributed by atoms with Gasteiger partial charge in [0.2, 0.25) is 0 Å². The molecule has 1 aromatic heterocycles. The summed E-state index contributed by atoms with van der Waals surface area (Å²) in [4.78, 5) is 10.6. The molecule has 94 valence electrons. The molecule has 0 amide bonds. The molecule has 3 atom stereocenters. The van der Waals surface area contributed by atoms with E-state index in [4.69, 9.17) is 0 Å². The zero-order valence-electron chi connectivity index (χ0n) is 9.62. The highest BCUT2D eigenvalue weighted by molar-refractivity contribution is 9.10. The van der Waals surface area contributed by atoms with Crippen LogP contribution in [0, 0.1) is 0 Å². The maximum absolute atomic E-state index is 9.64. The van der Waals surface area contributed by atoms with E-state index in [2.05, 4.69) is 25.9 Å². The molecule has 0 bridgehead atoms. The molecular weight excluding hydrogens is 286 g/mol. The van der Waals surface area contributed by atoms with Crippen molar-refractivity contribution in [3.05, 3.63) is 22.7 Å². The predicted molar refractivity (Wildman–Crippen MR) is 66.4 cm³/mol. The normalized spacial score (nSPS) is 27.3. The van der Waals surface area contributed by atoms with Gasteiger partial charge < -0.3 is 10.2 Å². The largest absolute Gasteiger partial charge is 0.395 e. The molecule has 0 aromatic carbocycles. The van der Waals surface area contributed by atoms with Crippen molar-refractivity contribution in [2.45, 2.75) is 31.5 Å². The fourth-order valence-electron chi connectivity index (χ4n) is 2.26. The second-order valence-electron chi connectivity index (χ2n) is 4.36. The van der Waals surface area contributed by atoms with Crippen molar-refractivity contribution < 1.29 is 10.2 Å². The van der Waals surface area contributed by atoms with E-state index in [9.17, 15) is 10.2 Å². The van der Waals surface area contributed by atoms with Crippen LogP contribution in [0.1, 0.15) is 25.2 Å². The number of rotatable bonds is 3. The molecule has 5 nitrogen and oxygen atoms in total. The minimum atomic E-state index is -0.370. The Morgan fingerprint density at radius 2 is 2.18 bits per heavy atom. The van der Waals surface area contributed by atoms with E-state index in [1.807, 2.05) is 11.8 Å². The van der Waals surface area contributed by atoms with Crippen molar-refractivity contribution in [2.24, 2.45) is 0 Å². The third kappa shape index (κ3) is 2.82. The van der Waals surface area contributed by atoms with Gasteiger partial charge in [0.15, 0.2) is 0 Å². The second kappa shape index (κ2) is 5.39. The number of halogens is 1. The zero-order valence-corrected chi connectivity index (χ0v) is 11.2. The molecule has 1 aromatic rings. The molecule has 2 heterocycles. The number of aromatic nitrogens is 2. The Labute approximate surface area is 109 Å². The lowest BCUT2D eigenvalue weighted by molar-refractivity contribution is 0.117. The molecule has 1 fully saturated rings. The zero-order chi connectivity index (χ0) is 12.4. The second-order valence-corrected chi connectivity index (χ2v) is 5.27. The van der Waals surface area contributed by atoms with Crippen LogP contribution in [0.15, 0.2) is 16.9 Å². The Balaban J connectivity index is 2.13. The molecule has 0 saturated carbocycles. The summed E-state index contributed by atoms with van der Waals surface area (Å²) in [5.41, 5.74) is 0. The highest BCUT2D eigenvalue weighted by Crippen LogP contribution is 2.27. The summed E-state index contributed by atoms with van der Waals surface area (Å²) in [5, 5.41) is 18.9. The summed E-state index contributed by atoms with van der Waals surface area (Å²) in [6.45, 7) is 2.60. The Morgan fingerprint density at radius 3 is 2.76 bits per heavy atom. The third-order valence-electron chi connectivity index (χ3n) is 3.16. The van der Waals surface area contributed by atoms with Crippen molar-refractivity contribution in [3.8, 4) is 0 Å². The monoisotopic (exact) mass is 301 g/mol. The Hall–Kier alpha value is -0.560. The number of hydrogen-bond donors (Lipinski definition) is 2. The van der Waals surface area contributed by atoms with Crippen LogP contribution in [0.3, 0.4) is 0 Å². The first-order valence-electron chi connectivity index (χ1n) is 5.64. The molecule has 6 heteroatoms. The molecule has 1 aliphatic rings. The fraction of sp³-hybridized carbons (Fsp3) is 0.636. The van der Waals surface area contributed by atoms with E-state index in [1.165, 1.54) is 0 Å². The topological polar surface area (TPSA) is 69.5 Å². The van der Waals surface area contributed by atoms with Crippen LogP contribution in [0.2, 0.25) is 0 Å². The van der Waals surface area contributed by atoms with Crippen molar-refractivity contribution in [1.29, 1.82) is 0 Å². The first kappa shape index (κ1) is 12.9. The van der Waals surface area contributed by atoms with Crippen molar-refractivity contribution >= 4 is 15.9 Å². The van der Waals surface area contributed by atoms with Gasteiger partial charge in [-0.05, 0) is 29.3 Å². The number of β-amino-alcohol motifs (C(OH)–C–C–N with tert-alkyl or cyclic N) is 1. The van der Waals surface area contributed by atoms with E-state index in [0.29, 0.717) is 18.8 Å². The van der Waals surface area contributed by atoms with Gasteiger partial charge in [-0.15, -0.1) is 0 Å².